The molecule has 1 aromatic carbocycles. The van der Waals surface area contributed by atoms with Crippen LogP contribution in [-0.4, -0.2) is 31.6 Å². The van der Waals surface area contributed by atoms with E-state index in [1.54, 1.807) is 13.0 Å². The summed E-state index contributed by atoms with van der Waals surface area (Å²) in [4.78, 5) is 25.8. The van der Waals surface area contributed by atoms with Gasteiger partial charge in [0.25, 0.3) is 0 Å². The Morgan fingerprint density at radius 2 is 1.95 bits per heavy atom. The van der Waals surface area contributed by atoms with E-state index in [0.29, 0.717) is 17.9 Å². The van der Waals surface area contributed by atoms with E-state index < -0.39 is 5.97 Å². The molecule has 0 aromatic heterocycles. The van der Waals surface area contributed by atoms with Gasteiger partial charge < -0.3 is 15.0 Å². The molecule has 1 heterocycles. The van der Waals surface area contributed by atoms with E-state index in [1.165, 1.54) is 13.3 Å². The van der Waals surface area contributed by atoms with Gasteiger partial charge in [0, 0.05) is 20.0 Å². The number of nitrogens with one attached hydrogen (secondary N) is 1. The van der Waals surface area contributed by atoms with E-state index in [-0.39, 0.29) is 5.91 Å². The fourth-order valence-electron chi connectivity index (χ4n) is 2.62. The van der Waals surface area contributed by atoms with Crippen molar-refractivity contribution in [3.8, 4) is 0 Å². The molecular weight excluding hydrogens is 268 g/mol. The van der Waals surface area contributed by atoms with Crippen molar-refractivity contribution in [2.24, 2.45) is 0 Å². The van der Waals surface area contributed by atoms with Gasteiger partial charge in [-0.2, -0.15) is 0 Å². The number of ether oxygens (including phenoxy) is 1. The second-order valence-corrected chi connectivity index (χ2v) is 5.15. The first kappa shape index (κ1) is 15.4. The third-order valence-corrected chi connectivity index (χ3v) is 3.54. The lowest BCUT2D eigenvalue weighted by molar-refractivity contribution is -0.114. The Kier molecular flexibility index (Phi) is 5.20. The molecule has 21 heavy (non-hydrogen) atoms. The summed E-state index contributed by atoms with van der Waals surface area (Å²) in [7, 11) is 0. The van der Waals surface area contributed by atoms with E-state index in [2.05, 4.69) is 10.2 Å². The van der Waals surface area contributed by atoms with Gasteiger partial charge in [-0.3, -0.25) is 4.79 Å². The summed E-state index contributed by atoms with van der Waals surface area (Å²) < 4.78 is 5.08. The van der Waals surface area contributed by atoms with Crippen LogP contribution in [0.2, 0.25) is 0 Å². The largest absolute Gasteiger partial charge is 0.462 e. The van der Waals surface area contributed by atoms with Gasteiger partial charge >= 0.3 is 5.97 Å². The van der Waals surface area contributed by atoms with Crippen LogP contribution in [-0.2, 0) is 9.53 Å². The van der Waals surface area contributed by atoms with Crippen molar-refractivity contribution < 1.29 is 14.3 Å². The summed E-state index contributed by atoms with van der Waals surface area (Å²) >= 11 is 0. The lowest BCUT2D eigenvalue weighted by atomic mass is 10.1. The Bertz CT molecular complexity index is 522. The van der Waals surface area contributed by atoms with Crippen LogP contribution in [0.3, 0.4) is 0 Å². The molecule has 1 fully saturated rings. The molecule has 114 valence electrons. The zero-order chi connectivity index (χ0) is 15.2. The first-order chi connectivity index (χ1) is 10.1. The van der Waals surface area contributed by atoms with E-state index in [4.69, 9.17) is 4.74 Å². The number of carbonyl (C=O) groups excluding carboxylic acids is 2. The minimum atomic E-state index is -0.403. The Hall–Kier alpha value is -2.04. The number of para-hydroxylation sites is 1. The molecule has 5 nitrogen and oxygen atoms in total. The van der Waals surface area contributed by atoms with Crippen LogP contribution >= 0.6 is 0 Å². The highest BCUT2D eigenvalue weighted by Gasteiger charge is 2.21. The molecule has 1 saturated heterocycles. The molecule has 2 rings (SSSR count). The number of piperidine rings is 1. The number of benzene rings is 1. The Morgan fingerprint density at radius 3 is 2.57 bits per heavy atom. The quantitative estimate of drug-likeness (QED) is 0.866. The second-order valence-electron chi connectivity index (χ2n) is 5.15. The van der Waals surface area contributed by atoms with Crippen LogP contribution in [0.25, 0.3) is 0 Å². The number of anilines is 2. The predicted octanol–water partition coefficient (Wildman–Crippen LogP) is 2.81. The van der Waals surface area contributed by atoms with Crippen LogP contribution in [0.15, 0.2) is 18.2 Å². The standard InChI is InChI=1S/C16H22N2O3/c1-3-21-16(20)13-8-7-9-14(15(13)17-12(2)19)18-10-5-4-6-11-18/h7-9H,3-6,10-11H2,1-2H3,(H,17,19). The van der Waals surface area contributed by atoms with E-state index >= 15 is 0 Å². The number of nitrogens with zero attached hydrogens (tertiary/aromatic N) is 1. The van der Waals surface area contributed by atoms with Gasteiger partial charge in [0.1, 0.15) is 0 Å². The Morgan fingerprint density at radius 1 is 1.24 bits per heavy atom. The van der Waals surface area contributed by atoms with Crippen LogP contribution in [0.1, 0.15) is 43.5 Å². The number of esters is 1. The third kappa shape index (κ3) is 3.74. The number of amides is 1. The topological polar surface area (TPSA) is 58.6 Å². The van der Waals surface area contributed by atoms with Crippen LogP contribution in [0.4, 0.5) is 11.4 Å². The number of carbonyl (C=O) groups is 2. The van der Waals surface area contributed by atoms with Gasteiger partial charge in [-0.1, -0.05) is 6.07 Å². The molecule has 5 heteroatoms. The lowest BCUT2D eigenvalue weighted by Crippen LogP contribution is -2.31. The molecule has 1 amide bonds. The van der Waals surface area contributed by atoms with Crippen molar-refractivity contribution in [3.05, 3.63) is 23.8 Å². The average Bonchev–Trinajstić information content (AvgIpc) is 2.48. The zero-order valence-electron chi connectivity index (χ0n) is 12.6. The molecule has 0 bridgehead atoms. The highest BCUT2D eigenvalue weighted by atomic mass is 16.5. The van der Waals surface area contributed by atoms with Crippen molar-refractivity contribution >= 4 is 23.3 Å². The molecule has 0 atom stereocenters. The van der Waals surface area contributed by atoms with Crippen molar-refractivity contribution in [1.82, 2.24) is 0 Å². The van der Waals surface area contributed by atoms with Crippen LogP contribution < -0.4 is 10.2 Å². The molecule has 0 aliphatic carbocycles. The van der Waals surface area contributed by atoms with Crippen LogP contribution in [0, 0.1) is 0 Å². The molecule has 1 N–H and O–H groups in total. The summed E-state index contributed by atoms with van der Waals surface area (Å²) in [5.74, 6) is -0.592. The van der Waals surface area contributed by atoms with Gasteiger partial charge in [0.05, 0.1) is 23.5 Å². The van der Waals surface area contributed by atoms with Crippen molar-refractivity contribution in [2.45, 2.75) is 33.1 Å². The highest BCUT2D eigenvalue weighted by molar-refractivity contribution is 6.04. The molecule has 0 unspecified atom stereocenters. The summed E-state index contributed by atoms with van der Waals surface area (Å²) in [6.07, 6.45) is 3.48. The maximum Gasteiger partial charge on any atom is 0.340 e. The molecule has 1 aromatic rings. The molecular formula is C16H22N2O3. The summed E-state index contributed by atoms with van der Waals surface area (Å²) in [6, 6.07) is 5.47. The zero-order valence-corrected chi connectivity index (χ0v) is 12.6. The first-order valence-corrected chi connectivity index (χ1v) is 7.46. The van der Waals surface area contributed by atoms with Gasteiger partial charge in [0.15, 0.2) is 0 Å². The van der Waals surface area contributed by atoms with Crippen molar-refractivity contribution in [1.29, 1.82) is 0 Å². The number of hydrogen-bond acceptors (Lipinski definition) is 4. The van der Waals surface area contributed by atoms with Crippen molar-refractivity contribution in [2.75, 3.05) is 29.9 Å². The highest BCUT2D eigenvalue weighted by Crippen LogP contribution is 2.32. The van der Waals surface area contributed by atoms with E-state index in [0.717, 1.165) is 31.6 Å². The summed E-state index contributed by atoms with van der Waals surface area (Å²) in [5, 5.41) is 2.80. The lowest BCUT2D eigenvalue weighted by Gasteiger charge is -2.31. The van der Waals surface area contributed by atoms with E-state index in [1.807, 2.05) is 12.1 Å². The van der Waals surface area contributed by atoms with Crippen LogP contribution in [0.5, 0.6) is 0 Å². The van der Waals surface area contributed by atoms with Crippen molar-refractivity contribution in [3.63, 3.8) is 0 Å². The van der Waals surface area contributed by atoms with Gasteiger partial charge in [-0.15, -0.1) is 0 Å². The minimum Gasteiger partial charge on any atom is -0.462 e. The first-order valence-electron chi connectivity index (χ1n) is 7.46. The summed E-state index contributed by atoms with van der Waals surface area (Å²) in [6.45, 7) is 5.41. The Balaban J connectivity index is 2.40. The fraction of sp³-hybridized carbons (Fsp3) is 0.500. The van der Waals surface area contributed by atoms with E-state index in [9.17, 15) is 9.59 Å². The number of hydrogen-bond donors (Lipinski definition) is 1. The van der Waals surface area contributed by atoms with Gasteiger partial charge in [-0.05, 0) is 38.3 Å². The third-order valence-electron chi connectivity index (χ3n) is 3.54. The fourth-order valence-corrected chi connectivity index (χ4v) is 2.62. The maximum absolute atomic E-state index is 12.1. The SMILES string of the molecule is CCOC(=O)c1cccc(N2CCCCC2)c1NC(C)=O. The molecule has 0 spiro atoms. The second kappa shape index (κ2) is 7.11. The predicted molar refractivity (Wildman–Crippen MR) is 82.8 cm³/mol. The molecule has 0 saturated carbocycles. The maximum atomic E-state index is 12.1. The molecule has 1 aliphatic heterocycles. The molecule has 0 radical (unpaired) electrons. The van der Waals surface area contributed by atoms with Gasteiger partial charge in [0.2, 0.25) is 5.91 Å². The normalized spacial score (nSPS) is 14.7. The minimum absolute atomic E-state index is 0.190. The number of rotatable bonds is 4. The Labute approximate surface area is 125 Å². The average molecular weight is 290 g/mol. The summed E-state index contributed by atoms with van der Waals surface area (Å²) in [5.41, 5.74) is 1.87. The molecule has 1 aliphatic rings. The van der Waals surface area contributed by atoms with Gasteiger partial charge in [-0.25, -0.2) is 4.79 Å². The smallest absolute Gasteiger partial charge is 0.340 e. The monoisotopic (exact) mass is 290 g/mol.